The zero-order valence-electron chi connectivity index (χ0n) is 9.59. The SMILES string of the molecule is O=C(NCC(F)(F)F)N(CC1CC1)CC1CC1. The number of nitrogens with one attached hydrogen (secondary N) is 1. The number of amides is 2. The lowest BCUT2D eigenvalue weighted by molar-refractivity contribution is -0.123. The van der Waals surface area contributed by atoms with Gasteiger partial charge in [0.2, 0.25) is 0 Å². The lowest BCUT2D eigenvalue weighted by Crippen LogP contribution is -2.45. The minimum Gasteiger partial charge on any atom is -0.329 e. The van der Waals surface area contributed by atoms with Crippen LogP contribution in [0.15, 0.2) is 0 Å². The second-order valence-corrected chi connectivity index (χ2v) is 5.07. The summed E-state index contributed by atoms with van der Waals surface area (Å²) >= 11 is 0. The molecule has 0 unspecified atom stereocenters. The third-order valence-electron chi connectivity index (χ3n) is 3.08. The van der Waals surface area contributed by atoms with Crippen LogP contribution in [0.1, 0.15) is 25.7 Å². The molecule has 2 aliphatic carbocycles. The van der Waals surface area contributed by atoms with Crippen LogP contribution >= 0.6 is 0 Å². The van der Waals surface area contributed by atoms with Crippen molar-refractivity contribution in [2.24, 2.45) is 11.8 Å². The Balaban J connectivity index is 1.77. The van der Waals surface area contributed by atoms with Crippen LogP contribution in [0.3, 0.4) is 0 Å². The monoisotopic (exact) mass is 250 g/mol. The highest BCUT2D eigenvalue weighted by atomic mass is 19.4. The quantitative estimate of drug-likeness (QED) is 0.798. The number of alkyl halides is 3. The first-order valence-corrected chi connectivity index (χ1v) is 6.03. The third kappa shape index (κ3) is 4.83. The van der Waals surface area contributed by atoms with Gasteiger partial charge in [-0.15, -0.1) is 0 Å². The first-order chi connectivity index (χ1) is 7.94. The van der Waals surface area contributed by atoms with Gasteiger partial charge in [-0.3, -0.25) is 0 Å². The van der Waals surface area contributed by atoms with E-state index in [9.17, 15) is 18.0 Å². The first kappa shape index (κ1) is 12.5. The first-order valence-electron chi connectivity index (χ1n) is 6.03. The average molecular weight is 250 g/mol. The van der Waals surface area contributed by atoms with Crippen molar-refractivity contribution in [3.8, 4) is 0 Å². The van der Waals surface area contributed by atoms with E-state index in [1.165, 1.54) is 0 Å². The summed E-state index contributed by atoms with van der Waals surface area (Å²) in [6.07, 6.45) is 0.0311. The van der Waals surface area contributed by atoms with Crippen molar-refractivity contribution in [3.05, 3.63) is 0 Å². The van der Waals surface area contributed by atoms with Crippen molar-refractivity contribution >= 4 is 6.03 Å². The molecule has 0 atom stereocenters. The van der Waals surface area contributed by atoms with Crippen LogP contribution in [0.5, 0.6) is 0 Å². The molecule has 2 saturated carbocycles. The maximum Gasteiger partial charge on any atom is 0.405 e. The van der Waals surface area contributed by atoms with Gasteiger partial charge in [0, 0.05) is 13.1 Å². The van der Waals surface area contributed by atoms with E-state index in [4.69, 9.17) is 0 Å². The molecule has 0 aromatic rings. The van der Waals surface area contributed by atoms with E-state index >= 15 is 0 Å². The molecule has 2 fully saturated rings. The van der Waals surface area contributed by atoms with Crippen molar-refractivity contribution in [3.63, 3.8) is 0 Å². The van der Waals surface area contributed by atoms with Gasteiger partial charge in [-0.05, 0) is 37.5 Å². The van der Waals surface area contributed by atoms with Gasteiger partial charge in [-0.25, -0.2) is 4.79 Å². The zero-order valence-corrected chi connectivity index (χ0v) is 9.59. The van der Waals surface area contributed by atoms with Crippen LogP contribution < -0.4 is 5.32 Å². The summed E-state index contributed by atoms with van der Waals surface area (Å²) in [5, 5.41) is 1.95. The summed E-state index contributed by atoms with van der Waals surface area (Å²) in [6, 6.07) is -0.568. The van der Waals surface area contributed by atoms with E-state index in [1.54, 1.807) is 4.90 Å². The predicted octanol–water partition coefficient (Wildman–Crippen LogP) is 2.38. The molecular weight excluding hydrogens is 233 g/mol. The lowest BCUT2D eigenvalue weighted by atomic mass is 10.3. The molecule has 0 saturated heterocycles. The number of carbonyl (C=O) groups is 1. The predicted molar refractivity (Wildman–Crippen MR) is 56.5 cm³/mol. The molecule has 17 heavy (non-hydrogen) atoms. The molecule has 0 bridgehead atoms. The topological polar surface area (TPSA) is 32.3 Å². The minimum atomic E-state index is -4.33. The number of urea groups is 1. The number of rotatable bonds is 5. The minimum absolute atomic E-state index is 0.505. The van der Waals surface area contributed by atoms with Crippen LogP contribution in [0.2, 0.25) is 0 Å². The molecule has 6 heteroatoms. The van der Waals surface area contributed by atoms with Crippen LogP contribution in [0.4, 0.5) is 18.0 Å². The van der Waals surface area contributed by atoms with Gasteiger partial charge in [-0.2, -0.15) is 13.2 Å². The van der Waals surface area contributed by atoms with Gasteiger partial charge in [0.05, 0.1) is 0 Å². The number of carbonyl (C=O) groups excluding carboxylic acids is 1. The summed E-state index contributed by atoms with van der Waals surface area (Å²) < 4.78 is 36.0. The van der Waals surface area contributed by atoms with Crippen molar-refractivity contribution < 1.29 is 18.0 Å². The fourth-order valence-electron chi connectivity index (χ4n) is 1.75. The van der Waals surface area contributed by atoms with Crippen molar-refractivity contribution in [2.45, 2.75) is 31.9 Å². The summed E-state index contributed by atoms with van der Waals surface area (Å²) in [5.41, 5.74) is 0. The molecule has 2 amide bonds. The number of hydrogen-bond donors (Lipinski definition) is 1. The van der Waals surface area contributed by atoms with E-state index in [1.807, 2.05) is 5.32 Å². The van der Waals surface area contributed by atoms with Crippen LogP contribution in [-0.2, 0) is 0 Å². The number of hydrogen-bond acceptors (Lipinski definition) is 1. The highest BCUT2D eigenvalue weighted by molar-refractivity contribution is 5.74. The standard InChI is InChI=1S/C11H17F3N2O/c12-11(13,14)7-15-10(17)16(5-8-1-2-8)6-9-3-4-9/h8-9H,1-7H2,(H,15,17). The largest absolute Gasteiger partial charge is 0.405 e. The van der Waals surface area contributed by atoms with E-state index in [0.29, 0.717) is 24.9 Å². The highest BCUT2D eigenvalue weighted by Crippen LogP contribution is 2.33. The fourth-order valence-corrected chi connectivity index (χ4v) is 1.75. The van der Waals surface area contributed by atoms with Gasteiger partial charge < -0.3 is 10.2 Å². The molecule has 0 heterocycles. The van der Waals surface area contributed by atoms with Gasteiger partial charge in [0.15, 0.2) is 0 Å². The summed E-state index contributed by atoms with van der Waals surface area (Å²) in [4.78, 5) is 13.2. The van der Waals surface area contributed by atoms with Crippen LogP contribution in [0, 0.1) is 11.8 Å². The maximum absolute atomic E-state index is 12.0. The van der Waals surface area contributed by atoms with E-state index < -0.39 is 18.8 Å². The smallest absolute Gasteiger partial charge is 0.329 e. The molecule has 98 valence electrons. The zero-order chi connectivity index (χ0) is 12.5. The normalized spacial score (nSPS) is 20.2. The lowest BCUT2D eigenvalue weighted by Gasteiger charge is -2.23. The third-order valence-corrected chi connectivity index (χ3v) is 3.08. The Labute approximate surface area is 98.3 Å². The second kappa shape index (κ2) is 4.74. The molecule has 0 aromatic carbocycles. The van der Waals surface area contributed by atoms with Gasteiger partial charge in [-0.1, -0.05) is 0 Å². The Kier molecular flexibility index (Phi) is 3.49. The summed E-state index contributed by atoms with van der Waals surface area (Å²) in [6.45, 7) is -0.0158. The summed E-state index contributed by atoms with van der Waals surface area (Å²) in [5.74, 6) is 1.01. The fraction of sp³-hybridized carbons (Fsp3) is 0.909. The maximum atomic E-state index is 12.0. The molecule has 3 nitrogen and oxygen atoms in total. The molecule has 0 spiro atoms. The van der Waals surface area contributed by atoms with Gasteiger partial charge in [0.25, 0.3) is 0 Å². The molecule has 0 aliphatic heterocycles. The van der Waals surface area contributed by atoms with E-state index in [0.717, 1.165) is 25.7 Å². The Morgan fingerprint density at radius 1 is 1.12 bits per heavy atom. The van der Waals surface area contributed by atoms with Crippen molar-refractivity contribution in [2.75, 3.05) is 19.6 Å². The second-order valence-electron chi connectivity index (χ2n) is 5.07. The van der Waals surface area contributed by atoms with Gasteiger partial charge >= 0.3 is 12.2 Å². The Morgan fingerprint density at radius 3 is 1.94 bits per heavy atom. The Bertz CT molecular complexity index is 271. The van der Waals surface area contributed by atoms with E-state index in [-0.39, 0.29) is 0 Å². The van der Waals surface area contributed by atoms with Crippen molar-refractivity contribution in [1.29, 1.82) is 0 Å². The summed E-state index contributed by atoms with van der Waals surface area (Å²) in [7, 11) is 0. The van der Waals surface area contributed by atoms with Crippen LogP contribution in [-0.4, -0.2) is 36.7 Å². The molecule has 0 radical (unpaired) electrons. The molecule has 2 rings (SSSR count). The molecule has 0 aromatic heterocycles. The van der Waals surface area contributed by atoms with Crippen LogP contribution in [0.25, 0.3) is 0 Å². The number of halogens is 3. The Morgan fingerprint density at radius 2 is 1.59 bits per heavy atom. The average Bonchev–Trinajstić information content (AvgIpc) is 3.05. The van der Waals surface area contributed by atoms with E-state index in [2.05, 4.69) is 0 Å². The van der Waals surface area contributed by atoms with Crippen molar-refractivity contribution in [1.82, 2.24) is 10.2 Å². The van der Waals surface area contributed by atoms with Gasteiger partial charge in [0.1, 0.15) is 6.54 Å². The molecular formula is C11H17F3N2O. The molecule has 2 aliphatic rings. The Hall–Kier alpha value is -0.940. The highest BCUT2D eigenvalue weighted by Gasteiger charge is 2.33. The molecule has 1 N–H and O–H groups in total. The number of nitrogens with zero attached hydrogens (tertiary/aromatic N) is 1.